The molecule has 0 aromatic rings. The number of nitrogens with one attached hydrogen (secondary N) is 1. The molecule has 0 aromatic heterocycles. The molecule has 0 heterocycles. The fourth-order valence-corrected chi connectivity index (χ4v) is 2.04. The predicted octanol–water partition coefficient (Wildman–Crippen LogP) is 1.89. The average Bonchev–Trinajstić information content (AvgIpc) is 2.24. The zero-order valence-electron chi connectivity index (χ0n) is 12.7. The van der Waals surface area contributed by atoms with Crippen LogP contribution >= 0.6 is 0 Å². The Morgan fingerprint density at radius 3 is 2.20 bits per heavy atom. The molecule has 1 amide bonds. The van der Waals surface area contributed by atoms with Crippen LogP contribution in [0, 0.1) is 0 Å². The minimum Gasteiger partial charge on any atom is -0.368 e. The van der Waals surface area contributed by atoms with E-state index in [0.29, 0.717) is 19.4 Å². The molecule has 1 atom stereocenters. The lowest BCUT2D eigenvalue weighted by atomic mass is 9.94. The zero-order valence-corrected chi connectivity index (χ0v) is 12.7. The van der Waals surface area contributed by atoms with Crippen molar-refractivity contribution in [2.24, 2.45) is 5.73 Å². The second-order valence-corrected chi connectivity index (χ2v) is 5.77. The minimum atomic E-state index is -4.13. The Balaban J connectivity index is 4.15. The van der Waals surface area contributed by atoms with Crippen LogP contribution < -0.4 is 11.1 Å². The highest BCUT2D eigenvalue weighted by Gasteiger charge is 2.31. The van der Waals surface area contributed by atoms with Crippen molar-refractivity contribution in [1.29, 1.82) is 0 Å². The van der Waals surface area contributed by atoms with E-state index in [0.717, 1.165) is 0 Å². The molecule has 0 spiro atoms. The van der Waals surface area contributed by atoms with E-state index in [4.69, 9.17) is 5.73 Å². The van der Waals surface area contributed by atoms with E-state index in [1.54, 1.807) is 18.9 Å². The molecule has 0 aliphatic heterocycles. The van der Waals surface area contributed by atoms with Gasteiger partial charge in [0.1, 0.15) is 0 Å². The molecule has 0 radical (unpaired) electrons. The molecule has 3 N–H and O–H groups in total. The standard InChI is InChI=1S/C13H26F3N3O/c1-10(2)18-12(3,11(17)20)6-5-8-19(4)9-7-13(14,15)16/h10,18H,5-9H2,1-4H3,(H2,17,20). The van der Waals surface area contributed by atoms with Crippen LogP contribution in [0.1, 0.15) is 40.0 Å². The van der Waals surface area contributed by atoms with Crippen molar-refractivity contribution < 1.29 is 18.0 Å². The number of rotatable bonds is 9. The fraction of sp³-hybridized carbons (Fsp3) is 0.923. The topological polar surface area (TPSA) is 58.4 Å². The van der Waals surface area contributed by atoms with Crippen LogP contribution in [0.4, 0.5) is 13.2 Å². The predicted molar refractivity (Wildman–Crippen MR) is 73.3 cm³/mol. The van der Waals surface area contributed by atoms with Gasteiger partial charge in [-0.1, -0.05) is 0 Å². The molecule has 0 rings (SSSR count). The van der Waals surface area contributed by atoms with Gasteiger partial charge in [0.2, 0.25) is 5.91 Å². The lowest BCUT2D eigenvalue weighted by Gasteiger charge is -2.30. The Labute approximate surface area is 118 Å². The summed E-state index contributed by atoms with van der Waals surface area (Å²) < 4.78 is 36.2. The smallest absolute Gasteiger partial charge is 0.368 e. The van der Waals surface area contributed by atoms with E-state index < -0.39 is 24.0 Å². The van der Waals surface area contributed by atoms with Gasteiger partial charge in [-0.05, 0) is 47.2 Å². The molecule has 0 aromatic carbocycles. The number of halogens is 3. The molecule has 0 fully saturated rings. The first-order chi connectivity index (χ1) is 8.96. The summed E-state index contributed by atoms with van der Waals surface area (Å²) in [5.41, 5.74) is 4.57. The van der Waals surface area contributed by atoms with Crippen LogP contribution in [0.2, 0.25) is 0 Å². The highest BCUT2D eigenvalue weighted by molar-refractivity contribution is 5.84. The van der Waals surface area contributed by atoms with Gasteiger partial charge in [-0.2, -0.15) is 13.2 Å². The van der Waals surface area contributed by atoms with Crippen molar-refractivity contribution in [2.75, 3.05) is 20.1 Å². The van der Waals surface area contributed by atoms with Crippen LogP contribution in [0.15, 0.2) is 0 Å². The first kappa shape index (κ1) is 19.2. The Bertz CT molecular complexity index is 308. The second-order valence-electron chi connectivity index (χ2n) is 5.77. The third-order valence-corrected chi connectivity index (χ3v) is 3.14. The number of nitrogens with two attached hydrogens (primary N) is 1. The summed E-state index contributed by atoms with van der Waals surface area (Å²) in [7, 11) is 1.64. The van der Waals surface area contributed by atoms with E-state index >= 15 is 0 Å². The lowest BCUT2D eigenvalue weighted by molar-refractivity contribution is -0.137. The number of alkyl halides is 3. The highest BCUT2D eigenvalue weighted by Crippen LogP contribution is 2.20. The van der Waals surface area contributed by atoms with Crippen molar-refractivity contribution in [3.05, 3.63) is 0 Å². The molecular weight excluding hydrogens is 271 g/mol. The van der Waals surface area contributed by atoms with Crippen molar-refractivity contribution in [2.45, 2.75) is 57.8 Å². The number of carbonyl (C=O) groups is 1. The molecule has 0 aliphatic rings. The molecule has 0 saturated heterocycles. The van der Waals surface area contributed by atoms with Gasteiger partial charge in [0, 0.05) is 12.6 Å². The van der Waals surface area contributed by atoms with Gasteiger partial charge in [0.15, 0.2) is 0 Å². The lowest BCUT2D eigenvalue weighted by Crippen LogP contribution is -2.55. The zero-order chi connectivity index (χ0) is 16.0. The van der Waals surface area contributed by atoms with Crippen LogP contribution in [-0.4, -0.2) is 48.7 Å². The SMILES string of the molecule is CC(C)NC(C)(CCCN(C)CCC(F)(F)F)C(N)=O. The maximum atomic E-state index is 12.1. The summed E-state index contributed by atoms with van der Waals surface area (Å²) in [6.07, 6.45) is -3.85. The second kappa shape index (κ2) is 7.83. The Morgan fingerprint density at radius 2 is 1.80 bits per heavy atom. The summed E-state index contributed by atoms with van der Waals surface area (Å²) in [5.74, 6) is -0.441. The van der Waals surface area contributed by atoms with Crippen molar-refractivity contribution >= 4 is 5.91 Å². The summed E-state index contributed by atoms with van der Waals surface area (Å²) in [4.78, 5) is 13.1. The quantitative estimate of drug-likeness (QED) is 0.683. The van der Waals surface area contributed by atoms with Gasteiger partial charge in [-0.25, -0.2) is 0 Å². The molecule has 20 heavy (non-hydrogen) atoms. The van der Waals surface area contributed by atoms with E-state index in [9.17, 15) is 18.0 Å². The van der Waals surface area contributed by atoms with Crippen molar-refractivity contribution in [1.82, 2.24) is 10.2 Å². The first-order valence-electron chi connectivity index (χ1n) is 6.79. The van der Waals surface area contributed by atoms with Gasteiger partial charge >= 0.3 is 6.18 Å². The van der Waals surface area contributed by atoms with E-state index in [1.807, 2.05) is 13.8 Å². The first-order valence-corrected chi connectivity index (χ1v) is 6.79. The van der Waals surface area contributed by atoms with Crippen LogP contribution in [-0.2, 0) is 4.79 Å². The van der Waals surface area contributed by atoms with Gasteiger partial charge in [-0.15, -0.1) is 0 Å². The summed E-state index contributed by atoms with van der Waals surface area (Å²) in [5, 5.41) is 3.11. The van der Waals surface area contributed by atoms with Gasteiger partial charge in [0.05, 0.1) is 12.0 Å². The Morgan fingerprint density at radius 1 is 1.25 bits per heavy atom. The maximum Gasteiger partial charge on any atom is 0.390 e. The number of hydrogen-bond donors (Lipinski definition) is 2. The Hall–Kier alpha value is -0.820. The molecule has 0 saturated carbocycles. The number of primary amides is 1. The number of nitrogens with zero attached hydrogens (tertiary/aromatic N) is 1. The molecule has 7 heteroatoms. The maximum absolute atomic E-state index is 12.1. The van der Waals surface area contributed by atoms with Crippen molar-refractivity contribution in [3.8, 4) is 0 Å². The third-order valence-electron chi connectivity index (χ3n) is 3.14. The van der Waals surface area contributed by atoms with Crippen LogP contribution in [0.3, 0.4) is 0 Å². The number of carbonyl (C=O) groups excluding carboxylic acids is 1. The van der Waals surface area contributed by atoms with Crippen LogP contribution in [0.25, 0.3) is 0 Å². The van der Waals surface area contributed by atoms with Gasteiger partial charge in [-0.3, -0.25) is 4.79 Å². The van der Waals surface area contributed by atoms with Gasteiger partial charge < -0.3 is 16.0 Å². The molecule has 1 unspecified atom stereocenters. The molecule has 0 aliphatic carbocycles. The molecule has 4 nitrogen and oxygen atoms in total. The van der Waals surface area contributed by atoms with E-state index in [2.05, 4.69) is 5.32 Å². The number of amides is 1. The van der Waals surface area contributed by atoms with Crippen LogP contribution in [0.5, 0.6) is 0 Å². The highest BCUT2D eigenvalue weighted by atomic mass is 19.4. The molecule has 120 valence electrons. The monoisotopic (exact) mass is 297 g/mol. The number of hydrogen-bond acceptors (Lipinski definition) is 3. The largest absolute Gasteiger partial charge is 0.390 e. The van der Waals surface area contributed by atoms with E-state index in [-0.39, 0.29) is 12.6 Å². The van der Waals surface area contributed by atoms with E-state index in [1.165, 1.54) is 0 Å². The third kappa shape index (κ3) is 8.37. The summed E-state index contributed by atoms with van der Waals surface area (Å²) >= 11 is 0. The van der Waals surface area contributed by atoms with Gasteiger partial charge in [0.25, 0.3) is 0 Å². The Kier molecular flexibility index (Phi) is 7.51. The summed E-state index contributed by atoms with van der Waals surface area (Å²) in [6.45, 7) is 6.02. The molecule has 0 bridgehead atoms. The normalized spacial score (nSPS) is 15.7. The summed E-state index contributed by atoms with van der Waals surface area (Å²) in [6, 6.07) is 0.107. The molecular formula is C13H26F3N3O. The minimum absolute atomic E-state index is 0.0333. The average molecular weight is 297 g/mol. The fourth-order valence-electron chi connectivity index (χ4n) is 2.04. The van der Waals surface area contributed by atoms with Crippen molar-refractivity contribution in [3.63, 3.8) is 0 Å².